The molecule has 0 spiro atoms. The van der Waals surface area contributed by atoms with Crippen LogP contribution < -0.4 is 29.7 Å². The van der Waals surface area contributed by atoms with Crippen LogP contribution in [0.2, 0.25) is 10.0 Å². The highest BCUT2D eigenvalue weighted by Crippen LogP contribution is 2.54. The van der Waals surface area contributed by atoms with Crippen LogP contribution in [-0.2, 0) is 11.2 Å². The van der Waals surface area contributed by atoms with Gasteiger partial charge in [0, 0.05) is 18.1 Å². The zero-order chi connectivity index (χ0) is 22.9. The van der Waals surface area contributed by atoms with Crippen molar-refractivity contribution in [3.05, 3.63) is 43.5 Å². The molecule has 0 bridgehead atoms. The molecule has 0 saturated heterocycles. The second-order valence-electron chi connectivity index (χ2n) is 6.93. The summed E-state index contributed by atoms with van der Waals surface area (Å²) >= 11 is 13.3. The van der Waals surface area contributed by atoms with E-state index in [4.69, 9.17) is 42.1 Å². The Bertz CT molecular complexity index is 1100. The van der Waals surface area contributed by atoms with Gasteiger partial charge < -0.3 is 24.3 Å². The SMILES string of the molecule is COc1c(Cl)c2c(c(OC)c1OC)-c1ccc(OC)c(=O)c(Cl)c1C(NC(C)=O)CC2. The van der Waals surface area contributed by atoms with Gasteiger partial charge >= 0.3 is 0 Å². The predicted molar refractivity (Wildman–Crippen MR) is 119 cm³/mol. The van der Waals surface area contributed by atoms with Crippen molar-refractivity contribution in [1.82, 2.24) is 5.32 Å². The summed E-state index contributed by atoms with van der Waals surface area (Å²) in [5.41, 5.74) is 1.92. The van der Waals surface area contributed by atoms with Crippen LogP contribution in [0, 0.1) is 0 Å². The van der Waals surface area contributed by atoms with Gasteiger partial charge in [-0.2, -0.15) is 0 Å². The fourth-order valence-electron chi connectivity index (χ4n) is 4.00. The molecule has 1 N–H and O–H groups in total. The summed E-state index contributed by atoms with van der Waals surface area (Å²) < 4.78 is 22.0. The molecule has 0 radical (unpaired) electrons. The van der Waals surface area contributed by atoms with E-state index in [9.17, 15) is 9.59 Å². The number of carbonyl (C=O) groups excluding carboxylic acids is 1. The van der Waals surface area contributed by atoms with Crippen LogP contribution >= 0.6 is 23.2 Å². The number of fused-ring (bicyclic) bond motifs is 3. The van der Waals surface area contributed by atoms with Crippen molar-refractivity contribution in [3.8, 4) is 34.1 Å². The zero-order valence-electron chi connectivity index (χ0n) is 17.9. The summed E-state index contributed by atoms with van der Waals surface area (Å²) in [5.74, 6) is 0.864. The number of hydrogen-bond donors (Lipinski definition) is 1. The van der Waals surface area contributed by atoms with E-state index in [0.717, 1.165) is 5.56 Å². The maximum Gasteiger partial charge on any atom is 0.239 e. The molecule has 1 aliphatic carbocycles. The Balaban J connectivity index is 2.54. The molecule has 0 aliphatic heterocycles. The minimum absolute atomic E-state index is 0.0450. The van der Waals surface area contributed by atoms with Crippen LogP contribution in [0.25, 0.3) is 11.1 Å². The molecule has 1 amide bonds. The maximum absolute atomic E-state index is 12.9. The largest absolute Gasteiger partial charge is 0.493 e. The Morgan fingerprint density at radius 3 is 2.16 bits per heavy atom. The molecule has 7 nitrogen and oxygen atoms in total. The van der Waals surface area contributed by atoms with E-state index >= 15 is 0 Å². The highest BCUT2D eigenvalue weighted by atomic mass is 35.5. The number of methoxy groups -OCH3 is 4. The Morgan fingerprint density at radius 2 is 1.61 bits per heavy atom. The molecule has 166 valence electrons. The van der Waals surface area contributed by atoms with Crippen molar-refractivity contribution in [3.63, 3.8) is 0 Å². The Kier molecular flexibility index (Phi) is 6.86. The van der Waals surface area contributed by atoms with Crippen LogP contribution in [0.3, 0.4) is 0 Å². The van der Waals surface area contributed by atoms with E-state index in [-0.39, 0.29) is 16.7 Å². The van der Waals surface area contributed by atoms with Crippen molar-refractivity contribution in [2.45, 2.75) is 25.8 Å². The lowest BCUT2D eigenvalue weighted by Gasteiger charge is -2.21. The first-order chi connectivity index (χ1) is 14.8. The number of rotatable bonds is 5. The van der Waals surface area contributed by atoms with Crippen LogP contribution in [0.15, 0.2) is 16.9 Å². The van der Waals surface area contributed by atoms with Gasteiger partial charge in [0.25, 0.3) is 0 Å². The lowest BCUT2D eigenvalue weighted by molar-refractivity contribution is -0.119. The summed E-state index contributed by atoms with van der Waals surface area (Å²) in [5, 5.41) is 3.21. The molecular formula is C22H23Cl2NO6. The van der Waals surface area contributed by atoms with Gasteiger partial charge in [-0.05, 0) is 36.1 Å². The average Bonchev–Trinajstić information content (AvgIpc) is 2.97. The van der Waals surface area contributed by atoms with Gasteiger partial charge in [-0.25, -0.2) is 0 Å². The molecule has 2 aromatic carbocycles. The van der Waals surface area contributed by atoms with E-state index in [0.29, 0.717) is 51.8 Å². The van der Waals surface area contributed by atoms with Crippen molar-refractivity contribution in [1.29, 1.82) is 0 Å². The minimum atomic E-state index is -0.532. The third-order valence-electron chi connectivity index (χ3n) is 5.27. The fourth-order valence-corrected chi connectivity index (χ4v) is 4.68. The van der Waals surface area contributed by atoms with Gasteiger partial charge in [-0.15, -0.1) is 0 Å². The van der Waals surface area contributed by atoms with E-state index < -0.39 is 11.5 Å². The first-order valence-corrected chi connectivity index (χ1v) is 10.2. The summed E-state index contributed by atoms with van der Waals surface area (Å²) in [6.07, 6.45) is 0.916. The van der Waals surface area contributed by atoms with E-state index in [1.54, 1.807) is 6.07 Å². The number of carbonyl (C=O) groups is 1. The Morgan fingerprint density at radius 1 is 0.968 bits per heavy atom. The van der Waals surface area contributed by atoms with Crippen molar-refractivity contribution in [2.24, 2.45) is 0 Å². The quantitative estimate of drug-likeness (QED) is 0.709. The van der Waals surface area contributed by atoms with Gasteiger partial charge in [-0.1, -0.05) is 23.2 Å². The molecule has 2 aromatic rings. The number of hydrogen-bond acceptors (Lipinski definition) is 6. The number of nitrogens with one attached hydrogen (secondary N) is 1. The second kappa shape index (κ2) is 9.24. The standard InChI is InChI=1S/C22H23Cl2NO6/c1-10(26)25-13-8-6-12-15(20(29-3)22(31-5)21(30-4)17(12)23)11-7-9-14(28-2)19(27)18(24)16(11)13/h7,9,13H,6,8H2,1-5H3,(H,25,26). The smallest absolute Gasteiger partial charge is 0.239 e. The summed E-state index contributed by atoms with van der Waals surface area (Å²) in [6.45, 7) is 1.41. The molecule has 1 aliphatic rings. The zero-order valence-corrected chi connectivity index (χ0v) is 19.4. The molecule has 0 heterocycles. The van der Waals surface area contributed by atoms with Crippen molar-refractivity contribution in [2.75, 3.05) is 28.4 Å². The fraction of sp³-hybridized carbons (Fsp3) is 0.364. The van der Waals surface area contributed by atoms with E-state index in [1.807, 2.05) is 0 Å². The molecule has 0 fully saturated rings. The number of benzene rings is 1. The third kappa shape index (κ3) is 3.88. The van der Waals surface area contributed by atoms with Crippen molar-refractivity contribution >= 4 is 29.1 Å². The van der Waals surface area contributed by atoms with Gasteiger partial charge in [0.05, 0.1) is 44.5 Å². The Hall–Kier alpha value is -2.64. The van der Waals surface area contributed by atoms with Crippen LogP contribution in [-0.4, -0.2) is 34.3 Å². The molecule has 9 heteroatoms. The average molecular weight is 468 g/mol. The van der Waals surface area contributed by atoms with Crippen molar-refractivity contribution < 1.29 is 23.7 Å². The van der Waals surface area contributed by atoms with E-state index in [2.05, 4.69) is 5.32 Å². The topological polar surface area (TPSA) is 83.1 Å². The number of ether oxygens (including phenoxy) is 4. The van der Waals surface area contributed by atoms with Gasteiger partial charge in [0.2, 0.25) is 17.1 Å². The summed E-state index contributed by atoms with van der Waals surface area (Å²) in [6, 6.07) is 2.72. The highest BCUT2D eigenvalue weighted by molar-refractivity contribution is 6.34. The summed E-state index contributed by atoms with van der Waals surface area (Å²) in [4.78, 5) is 24.8. The van der Waals surface area contributed by atoms with Crippen LogP contribution in [0.4, 0.5) is 0 Å². The number of halogens is 2. The summed E-state index contributed by atoms with van der Waals surface area (Å²) in [7, 11) is 5.87. The normalized spacial score (nSPS) is 14.6. The Labute approximate surface area is 190 Å². The molecule has 3 rings (SSSR count). The predicted octanol–water partition coefficient (Wildman–Crippen LogP) is 4.18. The van der Waals surface area contributed by atoms with Crippen LogP contribution in [0.5, 0.6) is 23.0 Å². The van der Waals surface area contributed by atoms with Crippen LogP contribution in [0.1, 0.15) is 30.5 Å². The second-order valence-corrected chi connectivity index (χ2v) is 7.69. The van der Waals surface area contributed by atoms with Gasteiger partial charge in [-0.3, -0.25) is 9.59 Å². The molecule has 1 atom stereocenters. The molecule has 0 saturated carbocycles. The third-order valence-corrected chi connectivity index (χ3v) is 6.04. The first-order valence-electron chi connectivity index (χ1n) is 9.49. The van der Waals surface area contributed by atoms with Gasteiger partial charge in [0.1, 0.15) is 0 Å². The molecule has 1 unspecified atom stereocenters. The highest BCUT2D eigenvalue weighted by Gasteiger charge is 2.33. The first kappa shape index (κ1) is 23.0. The molecular weight excluding hydrogens is 445 g/mol. The minimum Gasteiger partial charge on any atom is -0.493 e. The monoisotopic (exact) mass is 467 g/mol. The molecule has 31 heavy (non-hydrogen) atoms. The van der Waals surface area contributed by atoms with E-state index in [1.165, 1.54) is 41.4 Å². The number of amides is 1. The molecule has 0 aromatic heterocycles. The lowest BCUT2D eigenvalue weighted by Crippen LogP contribution is -2.27. The maximum atomic E-state index is 12.9. The lowest BCUT2D eigenvalue weighted by atomic mass is 9.95. The van der Waals surface area contributed by atoms with Gasteiger partial charge in [0.15, 0.2) is 17.2 Å².